The molecular weight excluding hydrogens is 219 g/mol. The van der Waals surface area contributed by atoms with E-state index in [0.717, 1.165) is 0 Å². The molecule has 0 saturated heterocycles. The summed E-state index contributed by atoms with van der Waals surface area (Å²) in [6.45, 7) is 3.45. The third-order valence-electron chi connectivity index (χ3n) is 1.21. The van der Waals surface area contributed by atoms with Crippen molar-refractivity contribution in [3.05, 3.63) is 10.3 Å². The van der Waals surface area contributed by atoms with Crippen molar-refractivity contribution in [3.8, 4) is 0 Å². The Kier molecular flexibility index (Phi) is 1.84. The lowest BCUT2D eigenvalue weighted by Gasteiger charge is -2.17. The molecule has 3 nitrogen and oxygen atoms in total. The molecule has 0 saturated carbocycles. The van der Waals surface area contributed by atoms with Crippen molar-refractivity contribution in [2.24, 2.45) is 0 Å². The molecule has 1 aliphatic heterocycles. The quantitative estimate of drug-likeness (QED) is 0.645. The summed E-state index contributed by atoms with van der Waals surface area (Å²) in [7, 11) is -3.43. The van der Waals surface area contributed by atoms with Crippen molar-refractivity contribution in [1.29, 1.82) is 0 Å². The van der Waals surface area contributed by atoms with E-state index < -0.39 is 13.2 Å². The molecule has 1 N–H and O–H groups in total. The summed E-state index contributed by atoms with van der Waals surface area (Å²) < 4.78 is 16.3. The Morgan fingerprint density at radius 1 is 1.80 bits per heavy atom. The van der Waals surface area contributed by atoms with E-state index in [1.165, 1.54) is 5.82 Å². The van der Waals surface area contributed by atoms with Gasteiger partial charge in [0.05, 0.1) is 0 Å². The molecule has 0 bridgehead atoms. The average Bonchev–Trinajstić information content (AvgIpc) is 1.73. The van der Waals surface area contributed by atoms with Crippen molar-refractivity contribution < 1.29 is 14.0 Å². The van der Waals surface area contributed by atoms with Gasteiger partial charge in [-0.3, -0.25) is 9.09 Å². The van der Waals surface area contributed by atoms with E-state index in [1.807, 2.05) is 0 Å². The molecule has 58 valence electrons. The largest absolute Gasteiger partial charge is 0.353 e. The molecule has 5 heteroatoms. The highest BCUT2D eigenvalue weighted by Gasteiger charge is 2.39. The van der Waals surface area contributed by atoms with E-state index in [1.54, 1.807) is 13.8 Å². The van der Waals surface area contributed by atoms with E-state index >= 15 is 0 Å². The van der Waals surface area contributed by atoms with E-state index in [9.17, 15) is 4.57 Å². The molecule has 0 aliphatic carbocycles. The van der Waals surface area contributed by atoms with Crippen molar-refractivity contribution in [2.75, 3.05) is 0 Å². The smallest absolute Gasteiger partial charge is 0.321 e. The summed E-state index contributed by atoms with van der Waals surface area (Å²) in [5.74, 6) is 1.22. The van der Waals surface area contributed by atoms with Crippen LogP contribution in [0, 0.1) is 0 Å². The Morgan fingerprint density at radius 3 is 2.40 bits per heavy atom. The van der Waals surface area contributed by atoms with Gasteiger partial charge in [0, 0.05) is 10.3 Å². The minimum atomic E-state index is -3.43. The highest BCUT2D eigenvalue weighted by molar-refractivity contribution is 9.11. The van der Waals surface area contributed by atoms with Gasteiger partial charge in [-0.2, -0.15) is 0 Å². The zero-order valence-corrected chi connectivity index (χ0v) is 8.15. The van der Waals surface area contributed by atoms with E-state index in [4.69, 9.17) is 9.42 Å². The minimum absolute atomic E-state index is 0.630. The molecule has 1 unspecified atom stereocenters. The fourth-order valence-corrected chi connectivity index (χ4v) is 3.08. The van der Waals surface area contributed by atoms with Crippen LogP contribution in [-0.2, 0) is 9.09 Å². The van der Waals surface area contributed by atoms with E-state index in [2.05, 4.69) is 15.9 Å². The Balaban J connectivity index is 3.00. The van der Waals surface area contributed by atoms with Gasteiger partial charge in [-0.05, 0) is 13.8 Å². The third-order valence-corrected chi connectivity index (χ3v) is 4.05. The number of hydrogen-bond donors (Lipinski definition) is 1. The Morgan fingerprint density at radius 2 is 2.30 bits per heavy atom. The minimum Gasteiger partial charge on any atom is -0.321 e. The number of halogens is 1. The van der Waals surface area contributed by atoms with Crippen LogP contribution >= 0.6 is 23.5 Å². The SMILES string of the molecule is CC1(C)OP(=O)(O)C=C1Br. The lowest BCUT2D eigenvalue weighted by atomic mass is 10.1. The van der Waals surface area contributed by atoms with Crippen LogP contribution in [0.25, 0.3) is 0 Å². The van der Waals surface area contributed by atoms with Crippen LogP contribution in [0.3, 0.4) is 0 Å². The van der Waals surface area contributed by atoms with Gasteiger partial charge in [0.15, 0.2) is 0 Å². The van der Waals surface area contributed by atoms with Crippen molar-refractivity contribution in [3.63, 3.8) is 0 Å². The Labute approximate surface area is 67.7 Å². The molecule has 0 radical (unpaired) electrons. The second-order valence-corrected chi connectivity index (χ2v) is 5.07. The summed E-state index contributed by atoms with van der Waals surface area (Å²) >= 11 is 3.14. The molecule has 0 fully saturated rings. The standard InChI is InChI=1S/C5H8BrO3P/c1-5(2)4(6)3-10(7,8)9-5/h3H,1-2H3,(H,7,8). The highest BCUT2D eigenvalue weighted by Crippen LogP contribution is 2.57. The summed E-state index contributed by atoms with van der Waals surface area (Å²) in [6, 6.07) is 0. The summed E-state index contributed by atoms with van der Waals surface area (Å²) in [5, 5.41) is 0. The molecule has 0 aromatic carbocycles. The van der Waals surface area contributed by atoms with E-state index in [0.29, 0.717) is 4.48 Å². The molecule has 0 amide bonds. The van der Waals surface area contributed by atoms with Crippen molar-refractivity contribution in [2.45, 2.75) is 19.4 Å². The maximum atomic E-state index is 10.9. The molecular formula is C5H8BrO3P. The third kappa shape index (κ3) is 1.51. The molecule has 10 heavy (non-hydrogen) atoms. The molecule has 1 heterocycles. The molecule has 0 spiro atoms. The first-order valence-corrected chi connectivity index (χ1v) is 5.19. The predicted molar refractivity (Wildman–Crippen MR) is 42.0 cm³/mol. The first-order chi connectivity index (χ1) is 4.33. The van der Waals surface area contributed by atoms with Crippen LogP contribution in [0.1, 0.15) is 13.8 Å². The predicted octanol–water partition coefficient (Wildman–Crippen LogP) is 2.22. The maximum absolute atomic E-state index is 10.9. The monoisotopic (exact) mass is 226 g/mol. The van der Waals surface area contributed by atoms with Gasteiger partial charge >= 0.3 is 7.60 Å². The van der Waals surface area contributed by atoms with Gasteiger partial charge in [0.2, 0.25) is 0 Å². The topological polar surface area (TPSA) is 46.5 Å². The molecule has 1 aliphatic rings. The van der Waals surface area contributed by atoms with Gasteiger partial charge in [0.1, 0.15) is 5.60 Å². The number of rotatable bonds is 0. The zero-order valence-electron chi connectivity index (χ0n) is 5.67. The average molecular weight is 227 g/mol. The van der Waals surface area contributed by atoms with Crippen LogP contribution in [0.15, 0.2) is 10.3 Å². The summed E-state index contributed by atoms with van der Waals surface area (Å²) in [4.78, 5) is 8.93. The van der Waals surface area contributed by atoms with Gasteiger partial charge in [-0.25, -0.2) is 0 Å². The maximum Gasteiger partial charge on any atom is 0.353 e. The molecule has 1 rings (SSSR count). The highest BCUT2D eigenvalue weighted by atomic mass is 79.9. The van der Waals surface area contributed by atoms with Gasteiger partial charge in [-0.1, -0.05) is 15.9 Å². The van der Waals surface area contributed by atoms with Crippen molar-refractivity contribution >= 4 is 23.5 Å². The summed E-state index contributed by atoms with van der Waals surface area (Å²) in [5.41, 5.74) is -0.649. The van der Waals surface area contributed by atoms with Crippen LogP contribution in [-0.4, -0.2) is 10.5 Å². The van der Waals surface area contributed by atoms with Crippen LogP contribution < -0.4 is 0 Å². The second kappa shape index (κ2) is 2.18. The Hall–Kier alpha value is 0.370. The summed E-state index contributed by atoms with van der Waals surface area (Å²) in [6.07, 6.45) is 0. The van der Waals surface area contributed by atoms with Gasteiger partial charge in [0.25, 0.3) is 0 Å². The van der Waals surface area contributed by atoms with Gasteiger partial charge < -0.3 is 4.89 Å². The second-order valence-electron chi connectivity index (χ2n) is 2.64. The molecule has 0 aromatic rings. The van der Waals surface area contributed by atoms with Crippen LogP contribution in [0.2, 0.25) is 0 Å². The number of hydrogen-bond acceptors (Lipinski definition) is 2. The van der Waals surface area contributed by atoms with Crippen molar-refractivity contribution in [1.82, 2.24) is 0 Å². The zero-order chi connectivity index (χ0) is 7.99. The molecule has 1 atom stereocenters. The lowest BCUT2D eigenvalue weighted by Crippen LogP contribution is -2.17. The Bertz CT molecular complexity index is 233. The first-order valence-electron chi connectivity index (χ1n) is 2.76. The van der Waals surface area contributed by atoms with Crippen LogP contribution in [0.4, 0.5) is 0 Å². The normalized spacial score (nSPS) is 37.8. The fraction of sp³-hybridized carbons (Fsp3) is 0.600. The fourth-order valence-electron chi connectivity index (χ4n) is 0.696. The van der Waals surface area contributed by atoms with Crippen LogP contribution in [0.5, 0.6) is 0 Å². The first kappa shape index (κ1) is 8.47. The lowest BCUT2D eigenvalue weighted by molar-refractivity contribution is 0.152. The van der Waals surface area contributed by atoms with E-state index in [-0.39, 0.29) is 0 Å². The molecule has 0 aromatic heterocycles. The van der Waals surface area contributed by atoms with Gasteiger partial charge in [-0.15, -0.1) is 0 Å².